The van der Waals surface area contributed by atoms with Gasteiger partial charge in [-0.2, -0.15) is 8.78 Å². The fourth-order valence-electron chi connectivity index (χ4n) is 1.23. The molecule has 0 aliphatic rings. The molecule has 0 heterocycles. The predicted molar refractivity (Wildman–Crippen MR) is 53.6 cm³/mol. The van der Waals surface area contributed by atoms with Crippen molar-refractivity contribution in [2.45, 2.75) is 12.8 Å². The summed E-state index contributed by atoms with van der Waals surface area (Å²) in [5.74, 6) is -5.83. The summed E-state index contributed by atoms with van der Waals surface area (Å²) in [6.45, 7) is 1.14. The number of benzene rings is 1. The van der Waals surface area contributed by atoms with Gasteiger partial charge in [-0.25, -0.2) is 4.79 Å². The smallest absolute Gasteiger partial charge is 0.382 e. The van der Waals surface area contributed by atoms with Crippen LogP contribution in [0.3, 0.4) is 0 Å². The van der Waals surface area contributed by atoms with Gasteiger partial charge in [0.15, 0.2) is 0 Å². The molecule has 92 valence electrons. The molecule has 0 radical (unpaired) electrons. The third-order valence-electron chi connectivity index (χ3n) is 1.97. The fraction of sp³-hybridized carbons (Fsp3) is 0.300. The lowest BCUT2D eigenvalue weighted by atomic mass is 10.1. The van der Waals surface area contributed by atoms with Gasteiger partial charge in [0, 0.05) is 6.07 Å². The Hall–Kier alpha value is -2.05. The molecule has 0 unspecified atom stereocenters. The quantitative estimate of drug-likeness (QED) is 0.463. The van der Waals surface area contributed by atoms with Gasteiger partial charge in [0.1, 0.15) is 5.56 Å². The number of hydrogen-bond acceptors (Lipinski definition) is 4. The summed E-state index contributed by atoms with van der Waals surface area (Å²) in [6, 6.07) is 4.16. The van der Waals surface area contributed by atoms with E-state index in [-0.39, 0.29) is 6.61 Å². The Labute approximate surface area is 95.2 Å². The van der Waals surface area contributed by atoms with Crippen LogP contribution >= 0.6 is 0 Å². The number of nitro groups is 1. The summed E-state index contributed by atoms with van der Waals surface area (Å²) >= 11 is 0. The van der Waals surface area contributed by atoms with Crippen molar-refractivity contribution in [3.63, 3.8) is 0 Å². The molecule has 1 aromatic rings. The maximum absolute atomic E-state index is 13.6. The van der Waals surface area contributed by atoms with Crippen molar-refractivity contribution in [3.8, 4) is 0 Å². The van der Waals surface area contributed by atoms with Gasteiger partial charge < -0.3 is 4.74 Å². The van der Waals surface area contributed by atoms with Gasteiger partial charge in [-0.1, -0.05) is 12.1 Å². The Bertz CT molecular complexity index is 448. The van der Waals surface area contributed by atoms with E-state index in [0.29, 0.717) is 0 Å². The van der Waals surface area contributed by atoms with Crippen molar-refractivity contribution in [1.82, 2.24) is 0 Å². The minimum atomic E-state index is -4.03. The summed E-state index contributed by atoms with van der Waals surface area (Å²) in [5, 5.41) is 10.6. The van der Waals surface area contributed by atoms with Crippen LogP contribution < -0.4 is 0 Å². The van der Waals surface area contributed by atoms with Crippen LogP contribution in [0, 0.1) is 10.1 Å². The molecule has 1 rings (SSSR count). The van der Waals surface area contributed by atoms with Crippen LogP contribution in [-0.4, -0.2) is 17.5 Å². The molecule has 17 heavy (non-hydrogen) atoms. The number of ether oxygens (including phenoxy) is 1. The minimum Gasteiger partial charge on any atom is -0.461 e. The van der Waals surface area contributed by atoms with Crippen molar-refractivity contribution in [2.24, 2.45) is 0 Å². The Balaban J connectivity index is 3.23. The van der Waals surface area contributed by atoms with E-state index in [1.165, 1.54) is 19.1 Å². The zero-order valence-corrected chi connectivity index (χ0v) is 8.85. The van der Waals surface area contributed by atoms with Crippen molar-refractivity contribution < 1.29 is 23.2 Å². The number of para-hydroxylation sites is 1. The number of esters is 1. The van der Waals surface area contributed by atoms with Gasteiger partial charge in [0.05, 0.1) is 11.5 Å². The van der Waals surface area contributed by atoms with Gasteiger partial charge >= 0.3 is 11.9 Å². The van der Waals surface area contributed by atoms with Crippen LogP contribution in [0.15, 0.2) is 24.3 Å². The lowest BCUT2D eigenvalue weighted by Crippen LogP contribution is -2.29. The molecule has 0 atom stereocenters. The SMILES string of the molecule is CCOC(=O)C(F)(F)c1ccccc1[N+](=O)[O-]. The lowest BCUT2D eigenvalue weighted by Gasteiger charge is -2.14. The zero-order valence-electron chi connectivity index (χ0n) is 8.85. The molecule has 0 saturated heterocycles. The topological polar surface area (TPSA) is 69.4 Å². The van der Waals surface area contributed by atoms with E-state index in [1.807, 2.05) is 0 Å². The number of nitrogens with zero attached hydrogens (tertiary/aromatic N) is 1. The van der Waals surface area contributed by atoms with Crippen LogP contribution in [0.2, 0.25) is 0 Å². The molecule has 0 aliphatic carbocycles. The molecule has 0 fully saturated rings. The highest BCUT2D eigenvalue weighted by molar-refractivity contribution is 5.80. The van der Waals surface area contributed by atoms with E-state index in [2.05, 4.69) is 4.74 Å². The molecular formula is C10H9F2NO4. The van der Waals surface area contributed by atoms with Crippen LogP contribution in [-0.2, 0) is 15.5 Å². The van der Waals surface area contributed by atoms with Gasteiger partial charge in [0.2, 0.25) is 0 Å². The second kappa shape index (κ2) is 4.86. The Morgan fingerprint density at radius 3 is 2.59 bits per heavy atom. The van der Waals surface area contributed by atoms with Gasteiger partial charge in [-0.3, -0.25) is 10.1 Å². The average Bonchev–Trinajstić information content (AvgIpc) is 2.29. The highest BCUT2D eigenvalue weighted by Crippen LogP contribution is 2.35. The van der Waals surface area contributed by atoms with Crippen molar-refractivity contribution in [2.75, 3.05) is 6.61 Å². The van der Waals surface area contributed by atoms with E-state index in [4.69, 9.17) is 0 Å². The first kappa shape index (κ1) is 13.0. The number of carbonyl (C=O) groups excluding carboxylic acids is 1. The highest BCUT2D eigenvalue weighted by atomic mass is 19.3. The number of halogens is 2. The number of hydrogen-bond donors (Lipinski definition) is 0. The third-order valence-corrected chi connectivity index (χ3v) is 1.97. The first-order valence-corrected chi connectivity index (χ1v) is 4.70. The normalized spacial score (nSPS) is 11.0. The number of carbonyl (C=O) groups is 1. The third kappa shape index (κ3) is 2.55. The van der Waals surface area contributed by atoms with E-state index < -0.39 is 28.1 Å². The number of nitro benzene ring substituents is 1. The first-order valence-electron chi connectivity index (χ1n) is 4.70. The number of rotatable bonds is 4. The summed E-state index contributed by atoms with van der Waals surface area (Å²) in [6.07, 6.45) is 0. The molecule has 0 amide bonds. The molecule has 0 spiro atoms. The molecule has 0 aromatic heterocycles. The van der Waals surface area contributed by atoms with Crippen molar-refractivity contribution >= 4 is 11.7 Å². The minimum absolute atomic E-state index is 0.227. The largest absolute Gasteiger partial charge is 0.461 e. The molecule has 0 N–H and O–H groups in total. The summed E-state index contributed by atoms with van der Waals surface area (Å²) in [4.78, 5) is 20.6. The van der Waals surface area contributed by atoms with E-state index in [1.54, 1.807) is 0 Å². The summed E-state index contributed by atoms with van der Waals surface area (Å²) < 4.78 is 31.3. The van der Waals surface area contributed by atoms with Crippen LogP contribution in [0.1, 0.15) is 12.5 Å². The van der Waals surface area contributed by atoms with Crippen LogP contribution in [0.4, 0.5) is 14.5 Å². The first-order chi connectivity index (χ1) is 7.91. The van der Waals surface area contributed by atoms with E-state index in [9.17, 15) is 23.7 Å². The Morgan fingerprint density at radius 1 is 1.47 bits per heavy atom. The number of alkyl halides is 2. The monoisotopic (exact) mass is 245 g/mol. The van der Waals surface area contributed by atoms with Gasteiger partial charge in [-0.05, 0) is 13.0 Å². The summed E-state index contributed by atoms with van der Waals surface area (Å²) in [7, 11) is 0. The highest BCUT2D eigenvalue weighted by Gasteiger charge is 2.47. The molecule has 0 bridgehead atoms. The van der Waals surface area contributed by atoms with Crippen LogP contribution in [0.5, 0.6) is 0 Å². The van der Waals surface area contributed by atoms with Crippen molar-refractivity contribution in [1.29, 1.82) is 0 Å². The van der Waals surface area contributed by atoms with E-state index in [0.717, 1.165) is 12.1 Å². The molecular weight excluding hydrogens is 236 g/mol. The maximum atomic E-state index is 13.6. The van der Waals surface area contributed by atoms with Gasteiger partial charge in [0.25, 0.3) is 5.69 Å². The maximum Gasteiger partial charge on any atom is 0.382 e. The lowest BCUT2D eigenvalue weighted by molar-refractivity contribution is -0.386. The second-order valence-electron chi connectivity index (χ2n) is 3.07. The Morgan fingerprint density at radius 2 is 2.06 bits per heavy atom. The average molecular weight is 245 g/mol. The predicted octanol–water partition coefficient (Wildman–Crippen LogP) is 2.25. The molecule has 7 heteroatoms. The zero-order chi connectivity index (χ0) is 13.1. The second-order valence-corrected chi connectivity index (χ2v) is 3.07. The van der Waals surface area contributed by atoms with Crippen LogP contribution in [0.25, 0.3) is 0 Å². The standard InChI is InChI=1S/C10H9F2NO4/c1-2-17-9(14)10(11,12)7-5-3-4-6-8(7)13(15)16/h3-6H,2H2,1H3. The molecule has 0 saturated carbocycles. The van der Waals surface area contributed by atoms with Gasteiger partial charge in [-0.15, -0.1) is 0 Å². The molecule has 0 aliphatic heterocycles. The molecule has 5 nitrogen and oxygen atoms in total. The Kier molecular flexibility index (Phi) is 3.72. The summed E-state index contributed by atoms with van der Waals surface area (Å²) in [5.41, 5.74) is -1.78. The van der Waals surface area contributed by atoms with Crippen molar-refractivity contribution in [3.05, 3.63) is 39.9 Å². The molecule has 1 aromatic carbocycles. The fourth-order valence-corrected chi connectivity index (χ4v) is 1.23. The van der Waals surface area contributed by atoms with E-state index >= 15 is 0 Å².